The molecule has 0 aliphatic rings. The van der Waals surface area contributed by atoms with Crippen LogP contribution in [0.4, 0.5) is 0 Å². The summed E-state index contributed by atoms with van der Waals surface area (Å²) in [6.45, 7) is -0.275. The number of methoxy groups -OCH3 is 1. The van der Waals surface area contributed by atoms with Crippen molar-refractivity contribution in [3.8, 4) is 11.5 Å². The number of phenols is 1. The third-order valence-electron chi connectivity index (χ3n) is 1.93. The van der Waals surface area contributed by atoms with Crippen LogP contribution in [0, 0.1) is 0 Å². The number of phenolic OH excluding ortho intramolecular Hbond substituents is 1. The van der Waals surface area contributed by atoms with Crippen molar-refractivity contribution in [1.82, 2.24) is 0 Å². The zero-order valence-electron chi connectivity index (χ0n) is 7.97. The number of ether oxygens (including phenoxy) is 1. The lowest BCUT2D eigenvalue weighted by Gasteiger charge is -2.09. The molecule has 78 valence electrons. The molecule has 0 radical (unpaired) electrons. The van der Waals surface area contributed by atoms with Crippen molar-refractivity contribution in [2.24, 2.45) is 0 Å². The number of benzene rings is 1. The molecule has 0 bridgehead atoms. The first-order valence-electron chi connectivity index (χ1n) is 4.32. The molecule has 0 spiro atoms. The number of aliphatic hydroxyl groups excluding tert-OH is 2. The van der Waals surface area contributed by atoms with Crippen molar-refractivity contribution in [2.45, 2.75) is 12.5 Å². The lowest BCUT2D eigenvalue weighted by atomic mass is 10.1. The molecule has 0 heterocycles. The Labute approximate surface area is 82.4 Å². The monoisotopic (exact) mass is 198 g/mol. The van der Waals surface area contributed by atoms with E-state index in [-0.39, 0.29) is 12.4 Å². The second-order valence-corrected chi connectivity index (χ2v) is 3.05. The molecular formula is C10H14O4. The molecule has 0 aliphatic heterocycles. The highest BCUT2D eigenvalue weighted by Gasteiger charge is 2.07. The molecule has 14 heavy (non-hydrogen) atoms. The Balaban J connectivity index is 2.79. The van der Waals surface area contributed by atoms with Crippen molar-refractivity contribution in [2.75, 3.05) is 13.7 Å². The maximum atomic E-state index is 9.29. The van der Waals surface area contributed by atoms with E-state index >= 15 is 0 Å². The Kier molecular flexibility index (Phi) is 3.73. The molecule has 0 aromatic heterocycles. The van der Waals surface area contributed by atoms with Crippen LogP contribution in [0.5, 0.6) is 11.5 Å². The number of hydrogen-bond acceptors (Lipinski definition) is 4. The highest BCUT2D eigenvalue weighted by Crippen LogP contribution is 2.26. The lowest BCUT2D eigenvalue weighted by Crippen LogP contribution is -2.14. The van der Waals surface area contributed by atoms with Crippen molar-refractivity contribution < 1.29 is 20.1 Å². The van der Waals surface area contributed by atoms with Crippen LogP contribution in [0.15, 0.2) is 18.2 Å². The first-order valence-corrected chi connectivity index (χ1v) is 4.32. The fourth-order valence-corrected chi connectivity index (χ4v) is 1.19. The van der Waals surface area contributed by atoms with E-state index in [1.165, 1.54) is 13.2 Å². The number of aromatic hydroxyl groups is 1. The SMILES string of the molecule is COc1cc(C[C@H](O)CO)ccc1O. The molecule has 0 unspecified atom stereocenters. The minimum Gasteiger partial charge on any atom is -0.504 e. The van der Waals surface area contributed by atoms with E-state index in [0.717, 1.165) is 5.56 Å². The number of aliphatic hydroxyl groups is 2. The van der Waals surface area contributed by atoms with Crippen LogP contribution in [0.1, 0.15) is 5.56 Å². The van der Waals surface area contributed by atoms with Gasteiger partial charge in [0.15, 0.2) is 11.5 Å². The van der Waals surface area contributed by atoms with Gasteiger partial charge in [-0.2, -0.15) is 0 Å². The molecule has 3 N–H and O–H groups in total. The zero-order valence-corrected chi connectivity index (χ0v) is 7.97. The van der Waals surface area contributed by atoms with Gasteiger partial charge in [-0.15, -0.1) is 0 Å². The minimum atomic E-state index is -0.774. The maximum Gasteiger partial charge on any atom is 0.160 e. The topological polar surface area (TPSA) is 69.9 Å². The van der Waals surface area contributed by atoms with E-state index in [4.69, 9.17) is 9.84 Å². The van der Waals surface area contributed by atoms with E-state index < -0.39 is 6.10 Å². The van der Waals surface area contributed by atoms with Crippen LogP contribution in [0.3, 0.4) is 0 Å². The van der Waals surface area contributed by atoms with Crippen molar-refractivity contribution in [1.29, 1.82) is 0 Å². The van der Waals surface area contributed by atoms with Crippen molar-refractivity contribution in [3.05, 3.63) is 23.8 Å². The lowest BCUT2D eigenvalue weighted by molar-refractivity contribution is 0.0954. The molecule has 4 heteroatoms. The Morgan fingerprint density at radius 2 is 2.14 bits per heavy atom. The van der Waals surface area contributed by atoms with Crippen LogP contribution in [-0.4, -0.2) is 35.1 Å². The molecular weight excluding hydrogens is 184 g/mol. The Bertz CT molecular complexity index is 298. The summed E-state index contributed by atoms with van der Waals surface area (Å²) >= 11 is 0. The Morgan fingerprint density at radius 1 is 1.43 bits per heavy atom. The third-order valence-corrected chi connectivity index (χ3v) is 1.93. The average molecular weight is 198 g/mol. The number of hydrogen-bond donors (Lipinski definition) is 3. The largest absolute Gasteiger partial charge is 0.504 e. The summed E-state index contributed by atoms with van der Waals surface area (Å²) in [6.07, 6.45) is -0.433. The van der Waals surface area contributed by atoms with Gasteiger partial charge in [0.2, 0.25) is 0 Å². The molecule has 1 atom stereocenters. The summed E-state index contributed by atoms with van der Waals surface area (Å²) in [5.74, 6) is 0.433. The van der Waals surface area contributed by atoms with Crippen LogP contribution in [0.2, 0.25) is 0 Å². The summed E-state index contributed by atoms with van der Waals surface area (Å²) in [6, 6.07) is 4.81. The minimum absolute atomic E-state index is 0.0646. The first kappa shape index (κ1) is 10.8. The van der Waals surface area contributed by atoms with E-state index in [1.807, 2.05) is 0 Å². The summed E-state index contributed by atoms with van der Waals surface area (Å²) in [5.41, 5.74) is 0.807. The second kappa shape index (κ2) is 4.83. The predicted molar refractivity (Wildman–Crippen MR) is 51.5 cm³/mol. The van der Waals surface area contributed by atoms with Gasteiger partial charge in [-0.3, -0.25) is 0 Å². The van der Waals surface area contributed by atoms with Crippen LogP contribution in [0.25, 0.3) is 0 Å². The first-order chi connectivity index (χ1) is 6.67. The standard InChI is InChI=1S/C10H14O4/c1-14-10-5-7(2-3-9(10)13)4-8(12)6-11/h2-3,5,8,11-13H,4,6H2,1H3/t8-/m0/s1. The average Bonchev–Trinajstić information content (AvgIpc) is 2.20. The molecule has 0 aliphatic carbocycles. The molecule has 0 saturated heterocycles. The number of rotatable bonds is 4. The highest BCUT2D eigenvalue weighted by molar-refractivity contribution is 5.41. The molecule has 0 amide bonds. The van der Waals surface area contributed by atoms with Gasteiger partial charge in [0.1, 0.15) is 0 Å². The van der Waals surface area contributed by atoms with Gasteiger partial charge < -0.3 is 20.1 Å². The van der Waals surface area contributed by atoms with Gasteiger partial charge in [0.05, 0.1) is 19.8 Å². The summed E-state index contributed by atoms with van der Waals surface area (Å²) in [4.78, 5) is 0. The fourth-order valence-electron chi connectivity index (χ4n) is 1.19. The van der Waals surface area contributed by atoms with Gasteiger partial charge in [-0.05, 0) is 17.7 Å². The molecule has 1 aromatic carbocycles. The quantitative estimate of drug-likeness (QED) is 0.650. The van der Waals surface area contributed by atoms with Crippen LogP contribution in [-0.2, 0) is 6.42 Å². The van der Waals surface area contributed by atoms with E-state index in [9.17, 15) is 10.2 Å². The van der Waals surface area contributed by atoms with Crippen LogP contribution < -0.4 is 4.74 Å². The summed E-state index contributed by atoms with van der Waals surface area (Å²) in [5, 5.41) is 27.1. The third kappa shape index (κ3) is 2.61. The predicted octanol–water partition coefficient (Wildman–Crippen LogP) is 0.296. The fraction of sp³-hybridized carbons (Fsp3) is 0.400. The summed E-state index contributed by atoms with van der Waals surface area (Å²) < 4.78 is 4.91. The Morgan fingerprint density at radius 3 is 2.71 bits per heavy atom. The van der Waals surface area contributed by atoms with Gasteiger partial charge in [-0.25, -0.2) is 0 Å². The van der Waals surface area contributed by atoms with Crippen molar-refractivity contribution in [3.63, 3.8) is 0 Å². The van der Waals surface area contributed by atoms with E-state index in [1.54, 1.807) is 12.1 Å². The normalized spacial score (nSPS) is 12.5. The second-order valence-electron chi connectivity index (χ2n) is 3.05. The van der Waals surface area contributed by atoms with Crippen LogP contribution >= 0.6 is 0 Å². The summed E-state index contributed by atoms with van der Waals surface area (Å²) in [7, 11) is 1.46. The van der Waals surface area contributed by atoms with Gasteiger partial charge in [0, 0.05) is 6.42 Å². The van der Waals surface area contributed by atoms with Gasteiger partial charge in [-0.1, -0.05) is 6.07 Å². The van der Waals surface area contributed by atoms with Crippen molar-refractivity contribution >= 4 is 0 Å². The smallest absolute Gasteiger partial charge is 0.160 e. The molecule has 1 aromatic rings. The van der Waals surface area contributed by atoms with Gasteiger partial charge in [0.25, 0.3) is 0 Å². The zero-order chi connectivity index (χ0) is 10.6. The molecule has 0 fully saturated rings. The molecule has 4 nitrogen and oxygen atoms in total. The molecule has 0 saturated carbocycles. The maximum absolute atomic E-state index is 9.29. The van der Waals surface area contributed by atoms with E-state index in [2.05, 4.69) is 0 Å². The highest BCUT2D eigenvalue weighted by atomic mass is 16.5. The molecule has 1 rings (SSSR count). The Hall–Kier alpha value is -1.26. The van der Waals surface area contributed by atoms with Gasteiger partial charge >= 0.3 is 0 Å². The van der Waals surface area contributed by atoms with E-state index in [0.29, 0.717) is 12.2 Å².